The Kier molecular flexibility index (Phi) is 7.08. The highest BCUT2D eigenvalue weighted by atomic mass is 32.1. The lowest BCUT2D eigenvalue weighted by molar-refractivity contribution is 0.480. The van der Waals surface area contributed by atoms with Crippen molar-refractivity contribution in [1.82, 2.24) is 15.6 Å². The topological polar surface area (TPSA) is 77.2 Å². The molecule has 1 aromatic heterocycles. The standard InChI is InChI=1S/C17H27N3O2S/c1-3-4-5-12(2)19-11-10-18-9-8-13-6-7-14(21)15-16(13)23-17(22)20-15/h6-7,12,18-19,21H,3-5,8-11H2,1-2H3,(H,20,22)/t12-/m1/s1. The van der Waals surface area contributed by atoms with Crippen molar-refractivity contribution in [1.29, 1.82) is 0 Å². The number of aromatic nitrogens is 1. The maximum Gasteiger partial charge on any atom is 0.305 e. The molecular weight excluding hydrogens is 310 g/mol. The van der Waals surface area contributed by atoms with Gasteiger partial charge in [-0.25, -0.2) is 0 Å². The van der Waals surface area contributed by atoms with E-state index in [-0.39, 0.29) is 10.6 Å². The van der Waals surface area contributed by atoms with Gasteiger partial charge in [0, 0.05) is 19.1 Å². The summed E-state index contributed by atoms with van der Waals surface area (Å²) in [5.74, 6) is 0.139. The molecule has 0 unspecified atom stereocenters. The Morgan fingerprint density at radius 1 is 1.30 bits per heavy atom. The lowest BCUT2D eigenvalue weighted by Crippen LogP contribution is -2.34. The van der Waals surface area contributed by atoms with Gasteiger partial charge in [0.05, 0.1) is 4.70 Å². The maximum absolute atomic E-state index is 11.5. The average Bonchev–Trinajstić information content (AvgIpc) is 2.93. The lowest BCUT2D eigenvalue weighted by Gasteiger charge is -2.13. The van der Waals surface area contributed by atoms with Crippen LogP contribution in [0.5, 0.6) is 5.75 Å². The molecule has 23 heavy (non-hydrogen) atoms. The number of hydrogen-bond acceptors (Lipinski definition) is 5. The largest absolute Gasteiger partial charge is 0.506 e. The van der Waals surface area contributed by atoms with Crippen molar-refractivity contribution >= 4 is 21.6 Å². The van der Waals surface area contributed by atoms with Gasteiger partial charge in [-0.1, -0.05) is 37.2 Å². The van der Waals surface area contributed by atoms with Crippen molar-refractivity contribution in [2.45, 2.75) is 45.6 Å². The van der Waals surface area contributed by atoms with Crippen LogP contribution in [0.2, 0.25) is 0 Å². The number of aromatic hydroxyl groups is 1. The molecule has 0 saturated carbocycles. The van der Waals surface area contributed by atoms with Gasteiger partial charge >= 0.3 is 4.87 Å². The Hall–Kier alpha value is -1.37. The number of hydrogen-bond donors (Lipinski definition) is 4. The minimum Gasteiger partial charge on any atom is -0.506 e. The summed E-state index contributed by atoms with van der Waals surface area (Å²) in [5.41, 5.74) is 1.65. The van der Waals surface area contributed by atoms with E-state index in [9.17, 15) is 9.90 Å². The van der Waals surface area contributed by atoms with Crippen molar-refractivity contribution in [3.05, 3.63) is 27.4 Å². The Morgan fingerprint density at radius 3 is 2.91 bits per heavy atom. The van der Waals surface area contributed by atoms with Crippen LogP contribution in [0.15, 0.2) is 16.9 Å². The molecule has 0 aliphatic rings. The van der Waals surface area contributed by atoms with Gasteiger partial charge in [0.25, 0.3) is 0 Å². The van der Waals surface area contributed by atoms with Crippen LogP contribution in [0.3, 0.4) is 0 Å². The van der Waals surface area contributed by atoms with Crippen LogP contribution in [0.4, 0.5) is 0 Å². The number of aromatic amines is 1. The van der Waals surface area contributed by atoms with Gasteiger partial charge in [-0.3, -0.25) is 4.79 Å². The second-order valence-corrected chi connectivity index (χ2v) is 6.94. The van der Waals surface area contributed by atoms with Crippen molar-refractivity contribution < 1.29 is 5.11 Å². The first-order valence-electron chi connectivity index (χ1n) is 8.39. The number of rotatable bonds is 10. The second-order valence-electron chi connectivity index (χ2n) is 5.96. The highest BCUT2D eigenvalue weighted by Crippen LogP contribution is 2.27. The predicted octanol–water partition coefficient (Wildman–Crippen LogP) is 2.60. The predicted molar refractivity (Wildman–Crippen MR) is 97.7 cm³/mol. The fourth-order valence-corrected chi connectivity index (χ4v) is 3.53. The quantitative estimate of drug-likeness (QED) is 0.503. The molecule has 1 aromatic carbocycles. The molecule has 6 heteroatoms. The third-order valence-electron chi connectivity index (χ3n) is 4.00. The zero-order valence-corrected chi connectivity index (χ0v) is 14.8. The van der Waals surface area contributed by atoms with Gasteiger partial charge in [-0.15, -0.1) is 0 Å². The van der Waals surface area contributed by atoms with E-state index in [1.165, 1.54) is 19.3 Å². The summed E-state index contributed by atoms with van der Waals surface area (Å²) in [6.45, 7) is 7.21. The van der Waals surface area contributed by atoms with Crippen LogP contribution in [-0.4, -0.2) is 35.8 Å². The molecule has 0 aliphatic heterocycles. The van der Waals surface area contributed by atoms with Crippen molar-refractivity contribution in [3.63, 3.8) is 0 Å². The van der Waals surface area contributed by atoms with Crippen LogP contribution in [0, 0.1) is 0 Å². The molecule has 0 spiro atoms. The summed E-state index contributed by atoms with van der Waals surface area (Å²) in [6.07, 6.45) is 4.60. The minimum atomic E-state index is -0.124. The van der Waals surface area contributed by atoms with Gasteiger partial charge < -0.3 is 20.7 Å². The number of fused-ring (bicyclic) bond motifs is 1. The summed E-state index contributed by atoms with van der Waals surface area (Å²) < 4.78 is 0.864. The van der Waals surface area contributed by atoms with Crippen molar-refractivity contribution in [3.8, 4) is 5.75 Å². The van der Waals surface area contributed by atoms with Crippen LogP contribution in [-0.2, 0) is 6.42 Å². The Bertz CT molecular complexity index is 665. The molecule has 4 N–H and O–H groups in total. The van der Waals surface area contributed by atoms with E-state index in [0.717, 1.165) is 47.7 Å². The van der Waals surface area contributed by atoms with Gasteiger partial charge in [-0.2, -0.15) is 0 Å². The first kappa shape index (κ1) is 18.0. The number of thiazole rings is 1. The molecule has 1 heterocycles. The van der Waals surface area contributed by atoms with E-state index < -0.39 is 0 Å². The smallest absolute Gasteiger partial charge is 0.305 e. The molecule has 2 rings (SSSR count). The normalized spacial score (nSPS) is 12.8. The van der Waals surface area contributed by atoms with E-state index in [2.05, 4.69) is 29.5 Å². The van der Waals surface area contributed by atoms with Gasteiger partial charge in [0.15, 0.2) is 0 Å². The van der Waals surface area contributed by atoms with Crippen LogP contribution in [0.1, 0.15) is 38.7 Å². The number of phenols is 1. The highest BCUT2D eigenvalue weighted by Gasteiger charge is 2.09. The van der Waals surface area contributed by atoms with Crippen LogP contribution >= 0.6 is 11.3 Å². The first-order valence-corrected chi connectivity index (χ1v) is 9.21. The van der Waals surface area contributed by atoms with E-state index in [1.54, 1.807) is 6.07 Å². The molecule has 5 nitrogen and oxygen atoms in total. The highest BCUT2D eigenvalue weighted by molar-refractivity contribution is 7.16. The summed E-state index contributed by atoms with van der Waals surface area (Å²) in [4.78, 5) is 14.0. The molecular formula is C17H27N3O2S. The van der Waals surface area contributed by atoms with E-state index in [0.29, 0.717) is 11.6 Å². The lowest BCUT2D eigenvalue weighted by atomic mass is 10.1. The fourth-order valence-electron chi connectivity index (χ4n) is 2.64. The molecule has 0 saturated heterocycles. The molecule has 1 atom stereocenters. The molecule has 0 fully saturated rings. The van der Waals surface area contributed by atoms with Crippen LogP contribution < -0.4 is 15.5 Å². The number of unbranched alkanes of at least 4 members (excludes halogenated alkanes) is 1. The summed E-state index contributed by atoms with van der Waals surface area (Å²) >= 11 is 1.16. The van der Waals surface area contributed by atoms with Gasteiger partial charge in [-0.05, 0) is 37.9 Å². The summed E-state index contributed by atoms with van der Waals surface area (Å²) in [6, 6.07) is 4.12. The third-order valence-corrected chi connectivity index (χ3v) is 4.95. The third kappa shape index (κ3) is 5.34. The molecule has 0 radical (unpaired) electrons. The number of nitrogens with one attached hydrogen (secondary N) is 3. The molecule has 2 aromatic rings. The van der Waals surface area contributed by atoms with E-state index in [1.807, 2.05) is 6.07 Å². The number of H-pyrrole nitrogens is 1. The van der Waals surface area contributed by atoms with E-state index in [4.69, 9.17) is 0 Å². The minimum absolute atomic E-state index is 0.124. The Labute approximate surface area is 141 Å². The summed E-state index contributed by atoms with van der Waals surface area (Å²) in [7, 11) is 0. The van der Waals surface area contributed by atoms with Crippen molar-refractivity contribution in [2.24, 2.45) is 0 Å². The number of benzene rings is 1. The molecule has 0 aliphatic carbocycles. The Balaban J connectivity index is 1.73. The first-order chi connectivity index (χ1) is 11.1. The number of phenolic OH excluding ortho intramolecular Hbond substituents is 1. The van der Waals surface area contributed by atoms with Crippen LogP contribution in [0.25, 0.3) is 10.2 Å². The molecule has 0 amide bonds. The molecule has 0 bridgehead atoms. The SMILES string of the molecule is CCCC[C@@H](C)NCCNCCc1ccc(O)c2[nH]c(=O)sc12. The Morgan fingerprint density at radius 2 is 2.13 bits per heavy atom. The van der Waals surface area contributed by atoms with Gasteiger partial charge in [0.2, 0.25) is 0 Å². The van der Waals surface area contributed by atoms with Gasteiger partial charge in [0.1, 0.15) is 11.3 Å². The molecule has 128 valence electrons. The zero-order chi connectivity index (χ0) is 16.7. The fraction of sp³-hybridized carbons (Fsp3) is 0.588. The monoisotopic (exact) mass is 337 g/mol. The average molecular weight is 337 g/mol. The maximum atomic E-state index is 11.5. The second kappa shape index (κ2) is 9.05. The zero-order valence-electron chi connectivity index (χ0n) is 13.9. The summed E-state index contributed by atoms with van der Waals surface area (Å²) in [5, 5.41) is 16.7. The van der Waals surface area contributed by atoms with Crippen molar-refractivity contribution in [2.75, 3.05) is 19.6 Å². The van der Waals surface area contributed by atoms with E-state index >= 15 is 0 Å².